The summed E-state index contributed by atoms with van der Waals surface area (Å²) in [6, 6.07) is 0. The van der Waals surface area contributed by atoms with Crippen LogP contribution in [0.4, 0.5) is 0 Å². The predicted octanol–water partition coefficient (Wildman–Crippen LogP) is -3.07. The van der Waals surface area contributed by atoms with Crippen molar-refractivity contribution in [2.24, 2.45) is 5.14 Å². The molecule has 0 aromatic rings. The standard InChI is InChI=1S/C3H4N2O2.H3NO2S/c6-2-1-4-5-3(2)7;1-4(2)3/h4H,1H2,(H,5,7);1H2,(H,2,3)/p-1. The maximum absolute atomic E-state index is 10.1. The zero-order valence-corrected chi connectivity index (χ0v) is 6.14. The van der Waals surface area contributed by atoms with Gasteiger partial charge in [0.05, 0.1) is 6.54 Å². The highest BCUT2D eigenvalue weighted by Gasteiger charge is 2.18. The molecule has 1 amide bonds. The second-order valence-electron chi connectivity index (χ2n) is 1.49. The fourth-order valence-corrected chi connectivity index (χ4v) is 0.355. The zero-order valence-electron chi connectivity index (χ0n) is 5.33. The molecule has 8 heteroatoms. The normalized spacial score (nSPS) is 18.4. The van der Waals surface area contributed by atoms with Crippen molar-refractivity contribution >= 4 is 23.0 Å². The zero-order chi connectivity index (χ0) is 8.85. The summed E-state index contributed by atoms with van der Waals surface area (Å²) in [7, 11) is 0. The summed E-state index contributed by atoms with van der Waals surface area (Å²) in [6.45, 7) is 0.124. The van der Waals surface area contributed by atoms with Gasteiger partial charge in [0.2, 0.25) is 5.78 Å². The first-order chi connectivity index (χ1) is 5.04. The number of carbonyl (C=O) groups excluding carboxylic acids is 2. The number of rotatable bonds is 0. The molecular formula is C3H6N3O4S-. The van der Waals surface area contributed by atoms with Crippen LogP contribution in [0.1, 0.15) is 0 Å². The van der Waals surface area contributed by atoms with E-state index in [2.05, 4.69) is 16.0 Å². The van der Waals surface area contributed by atoms with Gasteiger partial charge in [-0.25, -0.2) is 5.43 Å². The highest BCUT2D eigenvalue weighted by molar-refractivity contribution is 7.76. The molecule has 64 valence electrons. The summed E-state index contributed by atoms with van der Waals surface area (Å²) in [5.41, 5.74) is 4.50. The van der Waals surface area contributed by atoms with E-state index in [9.17, 15) is 9.59 Å². The lowest BCUT2D eigenvalue weighted by Gasteiger charge is -1.85. The smallest absolute Gasteiger partial charge is 0.302 e. The Balaban J connectivity index is 0.000000218. The van der Waals surface area contributed by atoms with E-state index in [0.717, 1.165) is 0 Å². The Kier molecular flexibility index (Phi) is 4.54. The molecule has 0 aromatic heterocycles. The van der Waals surface area contributed by atoms with Gasteiger partial charge in [0.25, 0.3) is 0 Å². The van der Waals surface area contributed by atoms with Gasteiger partial charge in [-0.3, -0.25) is 24.4 Å². The van der Waals surface area contributed by atoms with Crippen LogP contribution in [0.2, 0.25) is 0 Å². The number of nitrogens with one attached hydrogen (secondary N) is 2. The van der Waals surface area contributed by atoms with Crippen molar-refractivity contribution in [1.82, 2.24) is 10.9 Å². The number of amides is 1. The Morgan fingerprint density at radius 1 is 1.55 bits per heavy atom. The Bertz CT molecular complexity index is 175. The summed E-state index contributed by atoms with van der Waals surface area (Å²) >= 11 is -2.36. The first-order valence-corrected chi connectivity index (χ1v) is 3.57. The number of hydrogen-bond acceptors (Lipinski definition) is 5. The number of nitrogens with two attached hydrogens (primary N) is 1. The molecule has 1 aliphatic heterocycles. The third-order valence-corrected chi connectivity index (χ3v) is 0.704. The van der Waals surface area contributed by atoms with Gasteiger partial charge in [-0.05, 0) is 0 Å². The van der Waals surface area contributed by atoms with Crippen molar-refractivity contribution in [3.63, 3.8) is 0 Å². The van der Waals surface area contributed by atoms with Gasteiger partial charge in [0.1, 0.15) is 0 Å². The molecule has 0 saturated carbocycles. The van der Waals surface area contributed by atoms with Gasteiger partial charge in [-0.1, -0.05) is 0 Å². The Morgan fingerprint density at radius 2 is 2.00 bits per heavy atom. The Hall–Kier alpha value is -0.830. The fourth-order valence-electron chi connectivity index (χ4n) is 0.355. The maximum atomic E-state index is 10.1. The average Bonchev–Trinajstić information content (AvgIpc) is 2.15. The van der Waals surface area contributed by atoms with Crippen molar-refractivity contribution in [1.29, 1.82) is 0 Å². The first-order valence-electron chi connectivity index (χ1n) is 2.43. The summed E-state index contributed by atoms with van der Waals surface area (Å²) < 4.78 is 17.6. The maximum Gasteiger partial charge on any atom is 0.302 e. The van der Waals surface area contributed by atoms with E-state index in [1.165, 1.54) is 0 Å². The number of ketones is 1. The van der Waals surface area contributed by atoms with E-state index in [1.54, 1.807) is 0 Å². The molecular weight excluding hydrogens is 174 g/mol. The summed E-state index contributed by atoms with van der Waals surface area (Å²) in [4.78, 5) is 20.2. The number of Topliss-reactive ketones (excluding diaryl/α,β-unsaturated/α-hetero) is 1. The summed E-state index contributed by atoms with van der Waals surface area (Å²) in [6.07, 6.45) is 0. The van der Waals surface area contributed by atoms with Gasteiger partial charge in [0, 0.05) is 11.3 Å². The molecule has 1 rings (SSSR count). The van der Waals surface area contributed by atoms with Gasteiger partial charge >= 0.3 is 5.91 Å². The first kappa shape index (κ1) is 10.2. The molecule has 0 spiro atoms. The van der Waals surface area contributed by atoms with E-state index in [-0.39, 0.29) is 6.54 Å². The number of hydrazine groups is 1. The molecule has 0 radical (unpaired) electrons. The highest BCUT2D eigenvalue weighted by atomic mass is 32.2. The average molecular weight is 180 g/mol. The quantitative estimate of drug-likeness (QED) is 0.269. The topological polar surface area (TPSA) is 124 Å². The third-order valence-electron chi connectivity index (χ3n) is 0.704. The monoisotopic (exact) mass is 180 g/mol. The lowest BCUT2D eigenvalue weighted by Crippen LogP contribution is -2.26. The molecule has 0 aromatic carbocycles. The van der Waals surface area contributed by atoms with Crippen LogP contribution < -0.4 is 16.0 Å². The van der Waals surface area contributed by atoms with Crippen LogP contribution in [-0.2, 0) is 20.9 Å². The minimum atomic E-state index is -2.36. The van der Waals surface area contributed by atoms with E-state index in [0.29, 0.717) is 0 Å². The van der Waals surface area contributed by atoms with E-state index in [1.807, 2.05) is 0 Å². The van der Waals surface area contributed by atoms with E-state index < -0.39 is 23.0 Å². The van der Waals surface area contributed by atoms with Crippen LogP contribution >= 0.6 is 0 Å². The molecule has 0 bridgehead atoms. The minimum Gasteiger partial charge on any atom is -0.760 e. The molecule has 11 heavy (non-hydrogen) atoms. The van der Waals surface area contributed by atoms with Crippen LogP contribution in [0.25, 0.3) is 0 Å². The van der Waals surface area contributed by atoms with Gasteiger partial charge < -0.3 is 4.55 Å². The van der Waals surface area contributed by atoms with E-state index >= 15 is 0 Å². The number of carbonyl (C=O) groups is 2. The summed E-state index contributed by atoms with van der Waals surface area (Å²) in [5.74, 6) is -0.944. The molecule has 1 saturated heterocycles. The van der Waals surface area contributed by atoms with Crippen LogP contribution in [-0.4, -0.2) is 27.0 Å². The van der Waals surface area contributed by atoms with Crippen LogP contribution in [0.5, 0.6) is 0 Å². The number of hydrogen-bond donors (Lipinski definition) is 3. The molecule has 1 unspecified atom stereocenters. The second-order valence-corrected chi connectivity index (χ2v) is 2.01. The Morgan fingerprint density at radius 3 is 2.09 bits per heavy atom. The fraction of sp³-hybridized carbons (Fsp3) is 0.333. The molecule has 1 atom stereocenters. The summed E-state index contributed by atoms with van der Waals surface area (Å²) in [5, 5.41) is 4.03. The van der Waals surface area contributed by atoms with E-state index in [4.69, 9.17) is 8.76 Å². The highest BCUT2D eigenvalue weighted by Crippen LogP contribution is 1.74. The molecule has 1 heterocycles. The Labute approximate surface area is 64.7 Å². The van der Waals surface area contributed by atoms with Crippen molar-refractivity contribution < 1.29 is 18.4 Å². The van der Waals surface area contributed by atoms with Gasteiger partial charge in [-0.2, -0.15) is 0 Å². The second kappa shape index (κ2) is 4.91. The van der Waals surface area contributed by atoms with Crippen LogP contribution in [0.3, 0.4) is 0 Å². The van der Waals surface area contributed by atoms with Gasteiger partial charge in [-0.15, -0.1) is 0 Å². The molecule has 0 aliphatic carbocycles. The lowest BCUT2D eigenvalue weighted by atomic mass is 10.4. The SMILES string of the molecule is NS(=O)[O-].O=C1CNNC1=O. The minimum absolute atomic E-state index is 0.124. The van der Waals surface area contributed by atoms with Crippen molar-refractivity contribution in [2.45, 2.75) is 0 Å². The van der Waals surface area contributed by atoms with Crippen LogP contribution in [0.15, 0.2) is 0 Å². The molecule has 4 N–H and O–H groups in total. The molecule has 1 aliphatic rings. The lowest BCUT2D eigenvalue weighted by molar-refractivity contribution is -0.134. The largest absolute Gasteiger partial charge is 0.760 e. The predicted molar refractivity (Wildman–Crippen MR) is 34.3 cm³/mol. The van der Waals surface area contributed by atoms with Crippen LogP contribution in [0, 0.1) is 0 Å². The third kappa shape index (κ3) is 5.61. The van der Waals surface area contributed by atoms with Crippen molar-refractivity contribution in [3.8, 4) is 0 Å². The van der Waals surface area contributed by atoms with Crippen molar-refractivity contribution in [3.05, 3.63) is 0 Å². The van der Waals surface area contributed by atoms with Crippen molar-refractivity contribution in [2.75, 3.05) is 6.54 Å². The van der Waals surface area contributed by atoms with Gasteiger partial charge in [0.15, 0.2) is 0 Å². The molecule has 1 fully saturated rings. The molecule has 7 nitrogen and oxygen atoms in total.